The molecule has 12 heavy (non-hydrogen) atoms. The van der Waals surface area contributed by atoms with E-state index in [1.54, 1.807) is 12.2 Å². The van der Waals surface area contributed by atoms with Gasteiger partial charge in [-0.2, -0.15) is 0 Å². The van der Waals surface area contributed by atoms with E-state index in [-0.39, 0.29) is 0 Å². The van der Waals surface area contributed by atoms with Gasteiger partial charge in [-0.05, 0) is 11.6 Å². The molecule has 1 aliphatic rings. The molecule has 0 aliphatic heterocycles. The average Bonchev–Trinajstić information content (AvgIpc) is 2.06. The Bertz CT molecular complexity index is 319. The summed E-state index contributed by atoms with van der Waals surface area (Å²) in [4.78, 5) is 3.96. The lowest BCUT2D eigenvalue weighted by Crippen LogP contribution is -2.21. The Hall–Kier alpha value is -1.77. The SMILES string of the molecule is C=CN=C1C(=C)C=CC(N)=C1N. The third-order valence-electron chi connectivity index (χ3n) is 1.55. The molecule has 0 atom stereocenters. The summed E-state index contributed by atoms with van der Waals surface area (Å²) in [6.07, 6.45) is 4.90. The van der Waals surface area contributed by atoms with Crippen LogP contribution in [0.4, 0.5) is 0 Å². The predicted molar refractivity (Wildman–Crippen MR) is 51.3 cm³/mol. The second-order valence-corrected chi connectivity index (χ2v) is 2.39. The van der Waals surface area contributed by atoms with Crippen molar-refractivity contribution in [2.24, 2.45) is 16.5 Å². The highest BCUT2D eigenvalue weighted by molar-refractivity contribution is 6.15. The molecule has 3 heteroatoms. The molecule has 0 saturated carbocycles. The van der Waals surface area contributed by atoms with Gasteiger partial charge in [0.05, 0.1) is 17.1 Å². The third kappa shape index (κ3) is 1.29. The molecule has 4 N–H and O–H groups in total. The minimum atomic E-state index is 0.461. The van der Waals surface area contributed by atoms with Gasteiger partial charge >= 0.3 is 0 Å². The largest absolute Gasteiger partial charge is 0.397 e. The second-order valence-electron chi connectivity index (χ2n) is 2.39. The van der Waals surface area contributed by atoms with Gasteiger partial charge in [-0.3, -0.25) is 4.99 Å². The first-order valence-corrected chi connectivity index (χ1v) is 3.48. The summed E-state index contributed by atoms with van der Waals surface area (Å²) >= 11 is 0. The standard InChI is InChI=1S/C9H11N3/c1-3-12-9-6(2)4-5-7(10)8(9)11/h3-5H,1-2,10-11H2. The second kappa shape index (κ2) is 3.09. The number of nitrogens with zero attached hydrogens (tertiary/aromatic N) is 1. The maximum atomic E-state index is 5.66. The molecule has 0 saturated heterocycles. The fraction of sp³-hybridized carbons (Fsp3) is 0. The van der Waals surface area contributed by atoms with Crippen molar-refractivity contribution >= 4 is 5.71 Å². The monoisotopic (exact) mass is 161 g/mol. The Balaban J connectivity index is 3.17. The molecular weight excluding hydrogens is 150 g/mol. The number of aliphatic imine (C=N–C) groups is 1. The molecule has 1 aliphatic carbocycles. The molecule has 1 rings (SSSR count). The summed E-state index contributed by atoms with van der Waals surface area (Å²) in [5.41, 5.74) is 13.6. The van der Waals surface area contributed by atoms with Gasteiger partial charge < -0.3 is 11.5 Å². The van der Waals surface area contributed by atoms with Gasteiger partial charge in [-0.25, -0.2) is 0 Å². The van der Waals surface area contributed by atoms with Crippen molar-refractivity contribution in [1.82, 2.24) is 0 Å². The van der Waals surface area contributed by atoms with Gasteiger partial charge in [0.2, 0.25) is 0 Å². The van der Waals surface area contributed by atoms with Gasteiger partial charge in [0.15, 0.2) is 0 Å². The molecule has 0 spiro atoms. The molecule has 0 heterocycles. The quantitative estimate of drug-likeness (QED) is 0.598. The van der Waals surface area contributed by atoms with Crippen molar-refractivity contribution in [3.8, 4) is 0 Å². The lowest BCUT2D eigenvalue weighted by atomic mass is 10.0. The Labute approximate surface area is 71.5 Å². The number of rotatable bonds is 1. The van der Waals surface area contributed by atoms with Gasteiger partial charge in [-0.15, -0.1) is 0 Å². The Morgan fingerprint density at radius 3 is 2.58 bits per heavy atom. The predicted octanol–water partition coefficient (Wildman–Crippen LogP) is 0.826. The van der Waals surface area contributed by atoms with Crippen LogP contribution in [-0.2, 0) is 0 Å². The first-order valence-electron chi connectivity index (χ1n) is 3.48. The fourth-order valence-electron chi connectivity index (χ4n) is 0.913. The van der Waals surface area contributed by atoms with Crippen molar-refractivity contribution in [3.63, 3.8) is 0 Å². The van der Waals surface area contributed by atoms with E-state index in [0.717, 1.165) is 5.57 Å². The van der Waals surface area contributed by atoms with Crippen molar-refractivity contribution in [2.45, 2.75) is 0 Å². The van der Waals surface area contributed by atoms with Crippen molar-refractivity contribution in [1.29, 1.82) is 0 Å². The van der Waals surface area contributed by atoms with Gasteiger partial charge in [0.1, 0.15) is 0 Å². The van der Waals surface area contributed by atoms with Crippen LogP contribution < -0.4 is 11.5 Å². The number of hydrogen-bond acceptors (Lipinski definition) is 3. The van der Waals surface area contributed by atoms with Crippen LogP contribution in [0.3, 0.4) is 0 Å². The molecule has 0 aromatic carbocycles. The average molecular weight is 161 g/mol. The first kappa shape index (κ1) is 8.33. The van der Waals surface area contributed by atoms with Crippen LogP contribution >= 0.6 is 0 Å². The Morgan fingerprint density at radius 2 is 2.00 bits per heavy atom. The normalized spacial score (nSPS) is 20.3. The number of allylic oxidation sites excluding steroid dienone is 3. The number of hydrogen-bond donors (Lipinski definition) is 2. The van der Waals surface area contributed by atoms with Crippen molar-refractivity contribution in [3.05, 3.63) is 48.5 Å². The van der Waals surface area contributed by atoms with E-state index in [9.17, 15) is 0 Å². The van der Waals surface area contributed by atoms with E-state index in [2.05, 4.69) is 18.2 Å². The lowest BCUT2D eigenvalue weighted by molar-refractivity contribution is 1.27. The van der Waals surface area contributed by atoms with Crippen LogP contribution in [0.1, 0.15) is 0 Å². The van der Waals surface area contributed by atoms with E-state index in [4.69, 9.17) is 11.5 Å². The minimum Gasteiger partial charge on any atom is -0.397 e. The summed E-state index contributed by atoms with van der Waals surface area (Å²) in [5.74, 6) is 0. The molecule has 0 aromatic rings. The molecule has 0 bridgehead atoms. The van der Waals surface area contributed by atoms with Crippen LogP contribution in [-0.4, -0.2) is 5.71 Å². The highest BCUT2D eigenvalue weighted by Gasteiger charge is 2.11. The zero-order chi connectivity index (χ0) is 9.14. The zero-order valence-corrected chi connectivity index (χ0v) is 6.75. The van der Waals surface area contributed by atoms with Crippen LogP contribution in [0.2, 0.25) is 0 Å². The molecule has 0 fully saturated rings. The number of nitrogens with two attached hydrogens (primary N) is 2. The van der Waals surface area contributed by atoms with E-state index in [0.29, 0.717) is 17.1 Å². The zero-order valence-electron chi connectivity index (χ0n) is 6.75. The topological polar surface area (TPSA) is 64.4 Å². The fourth-order valence-corrected chi connectivity index (χ4v) is 0.913. The maximum absolute atomic E-state index is 5.66. The summed E-state index contributed by atoms with van der Waals surface area (Å²) in [6.45, 7) is 7.24. The third-order valence-corrected chi connectivity index (χ3v) is 1.55. The summed E-state index contributed by atoms with van der Waals surface area (Å²) in [6, 6.07) is 0. The Kier molecular flexibility index (Phi) is 2.14. The summed E-state index contributed by atoms with van der Waals surface area (Å²) in [7, 11) is 0. The van der Waals surface area contributed by atoms with Crippen LogP contribution in [0.15, 0.2) is 53.5 Å². The van der Waals surface area contributed by atoms with E-state index >= 15 is 0 Å². The smallest absolute Gasteiger partial charge is 0.0946 e. The van der Waals surface area contributed by atoms with Gasteiger partial charge in [-0.1, -0.05) is 19.2 Å². The van der Waals surface area contributed by atoms with E-state index < -0.39 is 0 Å². The Morgan fingerprint density at radius 1 is 1.33 bits per heavy atom. The van der Waals surface area contributed by atoms with Crippen molar-refractivity contribution < 1.29 is 0 Å². The van der Waals surface area contributed by atoms with E-state index in [1.165, 1.54) is 6.20 Å². The molecule has 62 valence electrons. The van der Waals surface area contributed by atoms with Gasteiger partial charge in [0.25, 0.3) is 0 Å². The molecule has 0 aromatic heterocycles. The van der Waals surface area contributed by atoms with Crippen LogP contribution in [0.5, 0.6) is 0 Å². The molecule has 0 unspecified atom stereocenters. The minimum absolute atomic E-state index is 0.461. The van der Waals surface area contributed by atoms with E-state index in [1.807, 2.05) is 0 Å². The van der Waals surface area contributed by atoms with Crippen LogP contribution in [0.25, 0.3) is 0 Å². The molecule has 0 radical (unpaired) electrons. The highest BCUT2D eigenvalue weighted by atomic mass is 14.8. The maximum Gasteiger partial charge on any atom is 0.0946 e. The van der Waals surface area contributed by atoms with Crippen LogP contribution in [0, 0.1) is 0 Å². The van der Waals surface area contributed by atoms with Gasteiger partial charge in [0, 0.05) is 6.20 Å². The summed E-state index contributed by atoms with van der Waals surface area (Å²) < 4.78 is 0. The first-order chi connectivity index (χ1) is 5.66. The van der Waals surface area contributed by atoms with Crippen molar-refractivity contribution in [2.75, 3.05) is 0 Å². The molecule has 3 nitrogen and oxygen atoms in total. The highest BCUT2D eigenvalue weighted by Crippen LogP contribution is 2.13. The molecule has 0 amide bonds. The summed E-state index contributed by atoms with van der Waals surface area (Å²) in [5, 5.41) is 0. The molecular formula is C9H11N3. The lowest BCUT2D eigenvalue weighted by Gasteiger charge is -2.12.